The molecule has 0 radical (unpaired) electrons. The van der Waals surface area contributed by atoms with Crippen molar-refractivity contribution in [3.8, 4) is 0 Å². The minimum absolute atomic E-state index is 0.0803. The van der Waals surface area contributed by atoms with Crippen LogP contribution in [-0.4, -0.2) is 19.4 Å². The topological polar surface area (TPSA) is 62.0 Å². The molecule has 0 saturated heterocycles. The van der Waals surface area contributed by atoms with E-state index < -0.39 is 10.0 Å². The zero-order valence-electron chi connectivity index (χ0n) is 15.4. The molecule has 1 atom stereocenters. The van der Waals surface area contributed by atoms with E-state index in [4.69, 9.17) is 0 Å². The molecule has 0 saturated carbocycles. The maximum Gasteiger partial charge on any atom is 0.240 e. The van der Waals surface area contributed by atoms with Crippen LogP contribution in [0.4, 0.5) is 0 Å². The number of H-pyrrole nitrogens is 1. The van der Waals surface area contributed by atoms with Crippen LogP contribution in [-0.2, 0) is 22.9 Å². The second-order valence-corrected chi connectivity index (χ2v) is 9.15. The molecule has 5 heteroatoms. The molecular weight excluding hydrogens is 344 g/mol. The molecule has 0 fully saturated rings. The van der Waals surface area contributed by atoms with E-state index in [1.807, 2.05) is 19.9 Å². The highest BCUT2D eigenvalue weighted by Gasteiger charge is 2.26. The molecule has 4 nitrogen and oxygen atoms in total. The second kappa shape index (κ2) is 6.25. The first kappa shape index (κ1) is 17.3. The van der Waals surface area contributed by atoms with Gasteiger partial charge in [-0.15, -0.1) is 0 Å². The highest BCUT2D eigenvalue weighted by Crippen LogP contribution is 2.30. The van der Waals surface area contributed by atoms with Crippen molar-refractivity contribution in [3.63, 3.8) is 0 Å². The van der Waals surface area contributed by atoms with E-state index in [1.54, 1.807) is 12.1 Å². The fraction of sp³-hybridized carbons (Fsp3) is 0.333. The number of rotatable bonds is 3. The minimum atomic E-state index is -3.50. The van der Waals surface area contributed by atoms with Crippen LogP contribution < -0.4 is 4.72 Å². The minimum Gasteiger partial charge on any atom is -0.358 e. The van der Waals surface area contributed by atoms with E-state index in [1.165, 1.54) is 16.5 Å². The lowest BCUT2D eigenvalue weighted by atomic mass is 9.92. The van der Waals surface area contributed by atoms with Crippen LogP contribution in [0, 0.1) is 20.8 Å². The molecule has 0 bridgehead atoms. The van der Waals surface area contributed by atoms with Gasteiger partial charge in [-0.3, -0.25) is 0 Å². The number of aromatic nitrogens is 1. The Bertz CT molecular complexity index is 1100. The van der Waals surface area contributed by atoms with Gasteiger partial charge in [0.15, 0.2) is 0 Å². The highest BCUT2D eigenvalue weighted by molar-refractivity contribution is 7.89. The molecule has 1 heterocycles. The molecule has 1 aliphatic rings. The number of aryl methyl sites for hydroxylation is 4. The molecule has 3 aromatic rings. The Morgan fingerprint density at radius 1 is 1.04 bits per heavy atom. The molecule has 1 unspecified atom stereocenters. The van der Waals surface area contributed by atoms with Gasteiger partial charge < -0.3 is 4.98 Å². The van der Waals surface area contributed by atoms with Gasteiger partial charge in [0.1, 0.15) is 0 Å². The van der Waals surface area contributed by atoms with Crippen molar-refractivity contribution >= 4 is 20.9 Å². The predicted molar refractivity (Wildman–Crippen MR) is 105 cm³/mol. The van der Waals surface area contributed by atoms with Gasteiger partial charge in [-0.2, -0.15) is 0 Å². The van der Waals surface area contributed by atoms with E-state index in [9.17, 15) is 8.42 Å². The van der Waals surface area contributed by atoms with E-state index in [0.717, 1.165) is 35.2 Å². The lowest BCUT2D eigenvalue weighted by molar-refractivity contribution is 0.505. The van der Waals surface area contributed by atoms with Crippen molar-refractivity contribution in [1.82, 2.24) is 9.71 Å². The number of hydrogen-bond acceptors (Lipinski definition) is 2. The van der Waals surface area contributed by atoms with Crippen LogP contribution in [0.15, 0.2) is 41.3 Å². The van der Waals surface area contributed by atoms with Crippen molar-refractivity contribution in [3.05, 3.63) is 64.3 Å². The Morgan fingerprint density at radius 3 is 2.62 bits per heavy atom. The van der Waals surface area contributed by atoms with E-state index in [2.05, 4.69) is 34.8 Å². The van der Waals surface area contributed by atoms with Crippen LogP contribution in [0.2, 0.25) is 0 Å². The third-order valence-corrected chi connectivity index (χ3v) is 6.97. The fourth-order valence-corrected chi connectivity index (χ4v) is 5.17. The van der Waals surface area contributed by atoms with Crippen LogP contribution in [0.5, 0.6) is 0 Å². The monoisotopic (exact) mass is 368 g/mol. The standard InChI is InChI=1S/C21H24N2O2S/c1-13-4-9-20-19(10-13)18-8-6-16(12-21(18)22-20)23-26(24,25)17-7-5-14(2)15(3)11-17/h4-5,7,9-11,16,22-23H,6,8,12H2,1-3H3. The Morgan fingerprint density at radius 2 is 1.85 bits per heavy atom. The smallest absolute Gasteiger partial charge is 0.240 e. The van der Waals surface area contributed by atoms with Crippen molar-refractivity contribution in [2.75, 3.05) is 0 Å². The molecule has 0 aliphatic heterocycles. The molecule has 0 amide bonds. The first-order chi connectivity index (χ1) is 12.3. The lowest BCUT2D eigenvalue weighted by Crippen LogP contribution is -2.38. The normalized spacial score (nSPS) is 17.4. The first-order valence-corrected chi connectivity index (χ1v) is 10.5. The van der Waals surface area contributed by atoms with Gasteiger partial charge in [0.05, 0.1) is 4.90 Å². The number of aromatic amines is 1. The maximum absolute atomic E-state index is 12.8. The molecule has 1 aliphatic carbocycles. The molecule has 1 aromatic heterocycles. The van der Waals surface area contributed by atoms with Crippen molar-refractivity contribution in [2.24, 2.45) is 0 Å². The van der Waals surface area contributed by atoms with Gasteiger partial charge >= 0.3 is 0 Å². The van der Waals surface area contributed by atoms with Gasteiger partial charge in [0.25, 0.3) is 0 Å². The average molecular weight is 369 g/mol. The zero-order valence-corrected chi connectivity index (χ0v) is 16.2. The lowest BCUT2D eigenvalue weighted by Gasteiger charge is -2.23. The van der Waals surface area contributed by atoms with Gasteiger partial charge in [0, 0.05) is 29.1 Å². The highest BCUT2D eigenvalue weighted by atomic mass is 32.2. The Hall–Kier alpha value is -2.11. The van der Waals surface area contributed by atoms with Crippen LogP contribution in [0.25, 0.3) is 10.9 Å². The second-order valence-electron chi connectivity index (χ2n) is 7.44. The number of sulfonamides is 1. The molecule has 26 heavy (non-hydrogen) atoms. The predicted octanol–water partition coefficient (Wildman–Crippen LogP) is 3.93. The quantitative estimate of drug-likeness (QED) is 0.736. The summed E-state index contributed by atoms with van der Waals surface area (Å²) in [6.07, 6.45) is 2.41. The zero-order chi connectivity index (χ0) is 18.5. The van der Waals surface area contributed by atoms with E-state index >= 15 is 0 Å². The third-order valence-electron chi connectivity index (χ3n) is 5.45. The summed E-state index contributed by atoms with van der Waals surface area (Å²) in [6.45, 7) is 6.02. The Kier molecular flexibility index (Phi) is 4.16. The van der Waals surface area contributed by atoms with Gasteiger partial charge in [-0.25, -0.2) is 13.1 Å². The van der Waals surface area contributed by atoms with E-state index in [0.29, 0.717) is 11.3 Å². The molecule has 2 aromatic carbocycles. The summed E-state index contributed by atoms with van der Waals surface area (Å²) in [4.78, 5) is 3.83. The summed E-state index contributed by atoms with van der Waals surface area (Å²) in [6, 6.07) is 11.6. The van der Waals surface area contributed by atoms with Crippen molar-refractivity contribution in [1.29, 1.82) is 0 Å². The molecule has 136 valence electrons. The van der Waals surface area contributed by atoms with Gasteiger partial charge in [0.2, 0.25) is 10.0 Å². The number of hydrogen-bond donors (Lipinski definition) is 2. The SMILES string of the molecule is Cc1ccc2[nH]c3c(c2c1)CCC(NS(=O)(=O)c1ccc(C)c(C)c1)C3. The van der Waals surface area contributed by atoms with Crippen LogP contribution in [0.3, 0.4) is 0 Å². The maximum atomic E-state index is 12.8. The summed E-state index contributed by atoms with van der Waals surface area (Å²) in [5.41, 5.74) is 6.97. The number of fused-ring (bicyclic) bond motifs is 3. The van der Waals surface area contributed by atoms with Crippen molar-refractivity contribution in [2.45, 2.75) is 51.0 Å². The molecular formula is C21H24N2O2S. The van der Waals surface area contributed by atoms with Crippen molar-refractivity contribution < 1.29 is 8.42 Å². The third kappa shape index (κ3) is 3.06. The Labute approximate surface area is 154 Å². The molecule has 0 spiro atoms. The Balaban J connectivity index is 1.59. The van der Waals surface area contributed by atoms with Crippen LogP contribution >= 0.6 is 0 Å². The first-order valence-electron chi connectivity index (χ1n) is 9.03. The fourth-order valence-electron chi connectivity index (χ4n) is 3.81. The average Bonchev–Trinajstić information content (AvgIpc) is 2.93. The summed E-state index contributed by atoms with van der Waals surface area (Å²) in [5.74, 6) is 0. The summed E-state index contributed by atoms with van der Waals surface area (Å²) in [5, 5.41) is 1.27. The molecule has 2 N–H and O–H groups in total. The summed E-state index contributed by atoms with van der Waals surface area (Å²) < 4.78 is 28.4. The van der Waals surface area contributed by atoms with Gasteiger partial charge in [-0.05, 0) is 74.6 Å². The van der Waals surface area contributed by atoms with E-state index in [-0.39, 0.29) is 6.04 Å². The molecule has 4 rings (SSSR count). The number of benzene rings is 2. The van der Waals surface area contributed by atoms with Gasteiger partial charge in [-0.1, -0.05) is 17.7 Å². The number of nitrogens with one attached hydrogen (secondary N) is 2. The largest absolute Gasteiger partial charge is 0.358 e. The van der Waals surface area contributed by atoms with Crippen LogP contribution in [0.1, 0.15) is 34.4 Å². The summed E-state index contributed by atoms with van der Waals surface area (Å²) in [7, 11) is -3.50. The summed E-state index contributed by atoms with van der Waals surface area (Å²) >= 11 is 0.